The lowest BCUT2D eigenvalue weighted by atomic mass is 10.1. The van der Waals surface area contributed by atoms with Gasteiger partial charge in [-0.15, -0.1) is 11.3 Å². The van der Waals surface area contributed by atoms with E-state index in [4.69, 9.17) is 9.47 Å². The first-order valence-corrected chi connectivity index (χ1v) is 14.6. The van der Waals surface area contributed by atoms with Crippen LogP contribution in [0.3, 0.4) is 0 Å². The highest BCUT2D eigenvalue weighted by atomic mass is 32.2. The summed E-state index contributed by atoms with van der Waals surface area (Å²) in [6, 6.07) is 12.7. The summed E-state index contributed by atoms with van der Waals surface area (Å²) in [4.78, 5) is 25.2. The summed E-state index contributed by atoms with van der Waals surface area (Å²) < 4.78 is 36.8. The molecule has 11 heteroatoms. The van der Waals surface area contributed by atoms with Gasteiger partial charge < -0.3 is 20.1 Å². The fourth-order valence-corrected chi connectivity index (χ4v) is 4.93. The Kier molecular flexibility index (Phi) is 11.7. The molecule has 0 aliphatic heterocycles. The number of unbranched alkanes of at least 4 members (excludes halogenated alkanes) is 1. The molecule has 0 saturated carbocycles. The largest absolute Gasteiger partial charge is 0.445 e. The quantitative estimate of drug-likeness (QED) is 0.362. The van der Waals surface area contributed by atoms with Gasteiger partial charge in [-0.2, -0.15) is 4.31 Å². The Balaban J connectivity index is 1.87. The first-order valence-electron chi connectivity index (χ1n) is 11.8. The second-order valence-corrected chi connectivity index (χ2v) is 12.5. The summed E-state index contributed by atoms with van der Waals surface area (Å²) in [5.74, 6) is 0. The van der Waals surface area contributed by atoms with Crippen molar-refractivity contribution in [1.29, 1.82) is 0 Å². The molecule has 0 spiro atoms. The van der Waals surface area contributed by atoms with Crippen molar-refractivity contribution in [1.82, 2.24) is 14.9 Å². The zero-order valence-corrected chi connectivity index (χ0v) is 23.0. The van der Waals surface area contributed by atoms with Crippen LogP contribution in [0.1, 0.15) is 50.5 Å². The SMILES string of the molecule is CC(C)(C)OC(=O)NC(CCCCNC(=O)OCc1ccccc1)CN(Cc1cccs1)S(C)(=O)=O. The molecular formula is C25H37N3O6S2. The van der Waals surface area contributed by atoms with Crippen LogP contribution < -0.4 is 10.6 Å². The standard InChI is InChI=1S/C25H37N3O6S2/c1-25(2,3)34-24(30)27-21(17-28(36(4,31)32)18-22-14-10-16-35-22)13-8-9-15-26-23(29)33-19-20-11-6-5-7-12-20/h5-7,10-12,14,16,21H,8-9,13,15,17-19H2,1-4H3,(H,26,29)(H,27,30). The fourth-order valence-electron chi connectivity index (χ4n) is 3.30. The summed E-state index contributed by atoms with van der Waals surface area (Å²) in [6.07, 6.45) is 1.86. The highest BCUT2D eigenvalue weighted by Crippen LogP contribution is 2.16. The molecule has 1 atom stereocenters. The highest BCUT2D eigenvalue weighted by molar-refractivity contribution is 7.88. The molecule has 200 valence electrons. The van der Waals surface area contributed by atoms with Crippen molar-refractivity contribution >= 4 is 33.5 Å². The van der Waals surface area contributed by atoms with E-state index in [-0.39, 0.29) is 19.7 Å². The van der Waals surface area contributed by atoms with E-state index in [2.05, 4.69) is 10.6 Å². The summed E-state index contributed by atoms with van der Waals surface area (Å²) in [5, 5.41) is 7.43. The van der Waals surface area contributed by atoms with Crippen LogP contribution in [0.25, 0.3) is 0 Å². The number of benzene rings is 1. The van der Waals surface area contributed by atoms with E-state index >= 15 is 0 Å². The molecule has 2 rings (SSSR count). The zero-order chi connectivity index (χ0) is 26.6. The molecular weight excluding hydrogens is 502 g/mol. The lowest BCUT2D eigenvalue weighted by Crippen LogP contribution is -2.46. The number of carbonyl (C=O) groups excluding carboxylic acids is 2. The number of alkyl carbamates (subject to hydrolysis) is 2. The van der Waals surface area contributed by atoms with Crippen LogP contribution in [0, 0.1) is 0 Å². The molecule has 2 amide bonds. The third kappa shape index (κ3) is 12.4. The van der Waals surface area contributed by atoms with Gasteiger partial charge in [-0.25, -0.2) is 18.0 Å². The lowest BCUT2D eigenvalue weighted by Gasteiger charge is -2.28. The summed E-state index contributed by atoms with van der Waals surface area (Å²) in [7, 11) is -3.51. The van der Waals surface area contributed by atoms with Gasteiger partial charge in [0.15, 0.2) is 0 Å². The van der Waals surface area contributed by atoms with Crippen LogP contribution in [0.2, 0.25) is 0 Å². The minimum atomic E-state index is -3.51. The number of rotatable bonds is 13. The van der Waals surface area contributed by atoms with Gasteiger partial charge in [0.25, 0.3) is 0 Å². The number of hydrogen-bond acceptors (Lipinski definition) is 7. The van der Waals surface area contributed by atoms with Gasteiger partial charge in [0.05, 0.1) is 6.26 Å². The second-order valence-electron chi connectivity index (χ2n) is 9.46. The first kappa shape index (κ1) is 29.6. The Hall–Kier alpha value is -2.63. The van der Waals surface area contributed by atoms with Crippen LogP contribution in [0.4, 0.5) is 9.59 Å². The van der Waals surface area contributed by atoms with Crippen molar-refractivity contribution in [2.45, 2.75) is 64.8 Å². The van der Waals surface area contributed by atoms with Crippen LogP contribution in [0.15, 0.2) is 47.8 Å². The molecule has 0 aliphatic carbocycles. The van der Waals surface area contributed by atoms with Gasteiger partial charge in [0.2, 0.25) is 10.0 Å². The Morgan fingerprint density at radius 1 is 1.06 bits per heavy atom. The number of nitrogens with zero attached hydrogens (tertiary/aromatic N) is 1. The maximum Gasteiger partial charge on any atom is 0.407 e. The van der Waals surface area contributed by atoms with Crippen molar-refractivity contribution in [3.8, 4) is 0 Å². The van der Waals surface area contributed by atoms with Gasteiger partial charge in [0.1, 0.15) is 12.2 Å². The molecule has 0 aliphatic rings. The van der Waals surface area contributed by atoms with Crippen LogP contribution in [0.5, 0.6) is 0 Å². The number of sulfonamides is 1. The number of hydrogen-bond donors (Lipinski definition) is 2. The normalized spacial score (nSPS) is 12.7. The van der Waals surface area contributed by atoms with Crippen LogP contribution in [-0.4, -0.2) is 55.9 Å². The first-order chi connectivity index (χ1) is 16.9. The zero-order valence-electron chi connectivity index (χ0n) is 21.4. The molecule has 2 aromatic rings. The van der Waals surface area contributed by atoms with Crippen molar-refractivity contribution in [3.63, 3.8) is 0 Å². The predicted molar refractivity (Wildman–Crippen MR) is 141 cm³/mol. The minimum absolute atomic E-state index is 0.114. The van der Waals surface area contributed by atoms with E-state index in [9.17, 15) is 18.0 Å². The third-order valence-corrected chi connectivity index (χ3v) is 7.06. The van der Waals surface area contributed by atoms with Gasteiger partial charge in [-0.3, -0.25) is 0 Å². The average molecular weight is 540 g/mol. The van der Waals surface area contributed by atoms with Crippen molar-refractivity contribution in [2.75, 3.05) is 19.3 Å². The molecule has 0 saturated heterocycles. The van der Waals surface area contributed by atoms with Crippen molar-refractivity contribution in [2.24, 2.45) is 0 Å². The molecule has 0 bridgehead atoms. The number of ether oxygens (including phenoxy) is 2. The Labute approximate surface area is 218 Å². The Morgan fingerprint density at radius 3 is 2.39 bits per heavy atom. The van der Waals surface area contributed by atoms with Gasteiger partial charge in [0, 0.05) is 30.6 Å². The molecule has 2 N–H and O–H groups in total. The highest BCUT2D eigenvalue weighted by Gasteiger charge is 2.25. The van der Waals surface area contributed by atoms with Gasteiger partial charge in [-0.05, 0) is 57.0 Å². The number of carbonyl (C=O) groups is 2. The molecule has 9 nitrogen and oxygen atoms in total. The maximum absolute atomic E-state index is 12.4. The number of nitrogens with one attached hydrogen (secondary N) is 2. The van der Waals surface area contributed by atoms with E-state index < -0.39 is 33.9 Å². The second kappa shape index (κ2) is 14.2. The smallest absolute Gasteiger partial charge is 0.407 e. The molecule has 0 fully saturated rings. The molecule has 36 heavy (non-hydrogen) atoms. The van der Waals surface area contributed by atoms with Gasteiger partial charge >= 0.3 is 12.2 Å². The summed E-state index contributed by atoms with van der Waals surface area (Å²) in [5.41, 5.74) is 0.230. The van der Waals surface area contributed by atoms with Crippen molar-refractivity contribution in [3.05, 3.63) is 58.3 Å². The summed E-state index contributed by atoms with van der Waals surface area (Å²) >= 11 is 1.48. The van der Waals surface area contributed by atoms with Crippen LogP contribution in [-0.2, 0) is 32.6 Å². The summed E-state index contributed by atoms with van der Waals surface area (Å²) in [6.45, 7) is 6.25. The topological polar surface area (TPSA) is 114 Å². The van der Waals surface area contributed by atoms with Crippen molar-refractivity contribution < 1.29 is 27.5 Å². The third-order valence-electron chi connectivity index (χ3n) is 4.99. The monoisotopic (exact) mass is 539 g/mol. The minimum Gasteiger partial charge on any atom is -0.445 e. The lowest BCUT2D eigenvalue weighted by molar-refractivity contribution is 0.0494. The maximum atomic E-state index is 12.4. The van der Waals surface area contributed by atoms with E-state index in [1.807, 2.05) is 47.8 Å². The Morgan fingerprint density at radius 2 is 1.78 bits per heavy atom. The van der Waals surface area contributed by atoms with E-state index in [0.717, 1.165) is 16.7 Å². The van der Waals surface area contributed by atoms with E-state index in [0.29, 0.717) is 25.8 Å². The van der Waals surface area contributed by atoms with E-state index in [1.165, 1.54) is 15.6 Å². The molecule has 1 heterocycles. The Bertz CT molecular complexity index is 1040. The number of amides is 2. The molecule has 1 unspecified atom stereocenters. The van der Waals surface area contributed by atoms with Crippen LogP contribution >= 0.6 is 11.3 Å². The fraction of sp³-hybridized carbons (Fsp3) is 0.520. The molecule has 1 aromatic heterocycles. The predicted octanol–water partition coefficient (Wildman–Crippen LogP) is 4.50. The molecule has 1 aromatic carbocycles. The average Bonchev–Trinajstić information content (AvgIpc) is 3.29. The van der Waals surface area contributed by atoms with E-state index in [1.54, 1.807) is 20.8 Å². The molecule has 0 radical (unpaired) electrons. The van der Waals surface area contributed by atoms with Gasteiger partial charge in [-0.1, -0.05) is 36.4 Å². The number of thiophene rings is 1.